The van der Waals surface area contributed by atoms with E-state index in [-0.39, 0.29) is 0 Å². The predicted molar refractivity (Wildman–Crippen MR) is 61.1 cm³/mol. The molecule has 0 heterocycles. The normalized spacial score (nSPS) is 10.1. The van der Waals surface area contributed by atoms with Gasteiger partial charge in [-0.05, 0) is 40.0 Å². The average molecular weight is 276 g/mol. The second-order valence-corrected chi connectivity index (χ2v) is 3.79. The number of methoxy groups -OCH3 is 2. The van der Waals surface area contributed by atoms with Crippen LogP contribution in [0.1, 0.15) is 5.56 Å². The van der Waals surface area contributed by atoms with E-state index >= 15 is 0 Å². The summed E-state index contributed by atoms with van der Waals surface area (Å²) in [6, 6.07) is 3.86. The van der Waals surface area contributed by atoms with Crippen molar-refractivity contribution in [1.82, 2.24) is 0 Å². The third kappa shape index (κ3) is 3.09. The van der Waals surface area contributed by atoms with Gasteiger partial charge in [0.05, 0.1) is 25.3 Å². The lowest BCUT2D eigenvalue weighted by molar-refractivity contribution is 0.141. The van der Waals surface area contributed by atoms with Crippen molar-refractivity contribution < 1.29 is 14.3 Å². The monoisotopic (exact) mass is 275 g/mol. The Hall–Kier alpha value is -0.780. The highest BCUT2D eigenvalue weighted by molar-refractivity contribution is 9.10. The van der Waals surface area contributed by atoms with E-state index in [2.05, 4.69) is 20.8 Å². The fraction of sp³-hybridized carbons (Fsp3) is 0.400. The number of ether oxygens (including phenoxy) is 2. The Morgan fingerprint density at radius 3 is 2.53 bits per heavy atom. The van der Waals surface area contributed by atoms with E-state index in [1.54, 1.807) is 14.2 Å². The minimum Gasteiger partial charge on any atom is -0.493 e. The number of benzene rings is 1. The van der Waals surface area contributed by atoms with Gasteiger partial charge in [-0.1, -0.05) is 0 Å². The summed E-state index contributed by atoms with van der Waals surface area (Å²) >= 11 is 3.41. The van der Waals surface area contributed by atoms with Gasteiger partial charge in [0.2, 0.25) is 0 Å². The largest absolute Gasteiger partial charge is 0.493 e. The molecule has 5 heteroatoms. The molecule has 0 bridgehead atoms. The van der Waals surface area contributed by atoms with Crippen LogP contribution in [0.25, 0.3) is 0 Å². The third-order valence-electron chi connectivity index (χ3n) is 2.00. The molecule has 0 atom stereocenters. The topological polar surface area (TPSA) is 53.7 Å². The van der Waals surface area contributed by atoms with Gasteiger partial charge in [0, 0.05) is 0 Å². The molecule has 0 saturated carbocycles. The standard InChI is InChI=1S/C10H14BrNO3/c1-13-9-6-7(3-4-15-12)5-8(11)10(9)14-2/h5-6H,3-4,12H2,1-2H3. The van der Waals surface area contributed by atoms with Crippen molar-refractivity contribution in [3.63, 3.8) is 0 Å². The van der Waals surface area contributed by atoms with E-state index in [1.165, 1.54) is 0 Å². The molecular weight excluding hydrogens is 262 g/mol. The van der Waals surface area contributed by atoms with Crippen LogP contribution in [0.4, 0.5) is 0 Å². The molecule has 0 unspecified atom stereocenters. The molecule has 1 aromatic rings. The van der Waals surface area contributed by atoms with Crippen LogP contribution < -0.4 is 15.4 Å². The SMILES string of the molecule is COc1cc(CCON)cc(Br)c1OC. The molecule has 0 aliphatic heterocycles. The Labute approximate surface area is 97.4 Å². The zero-order chi connectivity index (χ0) is 11.3. The number of rotatable bonds is 5. The first-order valence-electron chi connectivity index (χ1n) is 4.45. The Bertz CT molecular complexity index is 331. The Balaban J connectivity index is 2.97. The second-order valence-electron chi connectivity index (χ2n) is 2.93. The summed E-state index contributed by atoms with van der Waals surface area (Å²) < 4.78 is 11.3. The van der Waals surface area contributed by atoms with E-state index in [9.17, 15) is 0 Å². The van der Waals surface area contributed by atoms with E-state index in [0.717, 1.165) is 16.5 Å². The molecule has 4 nitrogen and oxygen atoms in total. The summed E-state index contributed by atoms with van der Waals surface area (Å²) in [4.78, 5) is 4.53. The number of nitrogens with two attached hydrogens (primary N) is 1. The first-order valence-corrected chi connectivity index (χ1v) is 5.24. The van der Waals surface area contributed by atoms with E-state index in [4.69, 9.17) is 15.4 Å². The zero-order valence-corrected chi connectivity index (χ0v) is 10.3. The van der Waals surface area contributed by atoms with Gasteiger partial charge in [-0.2, -0.15) is 0 Å². The van der Waals surface area contributed by atoms with Gasteiger partial charge in [0.25, 0.3) is 0 Å². The van der Waals surface area contributed by atoms with E-state index < -0.39 is 0 Å². The van der Waals surface area contributed by atoms with Gasteiger partial charge in [-0.15, -0.1) is 0 Å². The molecule has 2 N–H and O–H groups in total. The Kier molecular flexibility index (Phi) is 4.87. The van der Waals surface area contributed by atoms with Crippen molar-refractivity contribution in [3.8, 4) is 11.5 Å². The molecule has 0 aliphatic carbocycles. The molecule has 15 heavy (non-hydrogen) atoms. The molecule has 0 radical (unpaired) electrons. The Morgan fingerprint density at radius 1 is 1.27 bits per heavy atom. The highest BCUT2D eigenvalue weighted by atomic mass is 79.9. The van der Waals surface area contributed by atoms with Gasteiger partial charge < -0.3 is 14.3 Å². The highest BCUT2D eigenvalue weighted by Gasteiger charge is 2.10. The lowest BCUT2D eigenvalue weighted by Crippen LogP contribution is -2.04. The molecule has 0 amide bonds. The third-order valence-corrected chi connectivity index (χ3v) is 2.59. The van der Waals surface area contributed by atoms with Gasteiger partial charge in [-0.25, -0.2) is 5.90 Å². The Morgan fingerprint density at radius 2 is 2.00 bits per heavy atom. The fourth-order valence-electron chi connectivity index (χ4n) is 1.29. The van der Waals surface area contributed by atoms with Crippen LogP contribution in [0.3, 0.4) is 0 Å². The predicted octanol–water partition coefficient (Wildman–Crippen LogP) is 1.90. The van der Waals surface area contributed by atoms with Gasteiger partial charge in [0.1, 0.15) is 0 Å². The van der Waals surface area contributed by atoms with E-state index in [0.29, 0.717) is 18.1 Å². The van der Waals surface area contributed by atoms with Crippen LogP contribution in [0.15, 0.2) is 16.6 Å². The molecule has 0 aliphatic rings. The molecule has 0 spiro atoms. The fourth-order valence-corrected chi connectivity index (χ4v) is 1.94. The minimum absolute atomic E-state index is 0.474. The van der Waals surface area contributed by atoms with Crippen LogP contribution >= 0.6 is 15.9 Å². The molecule has 1 aromatic carbocycles. The average Bonchev–Trinajstić information content (AvgIpc) is 2.25. The first-order chi connectivity index (χ1) is 7.22. The minimum atomic E-state index is 0.474. The molecule has 84 valence electrons. The maximum absolute atomic E-state index is 5.21. The van der Waals surface area contributed by atoms with Gasteiger partial charge in [0.15, 0.2) is 11.5 Å². The number of hydrogen-bond acceptors (Lipinski definition) is 4. The van der Waals surface area contributed by atoms with Crippen molar-refractivity contribution in [2.45, 2.75) is 6.42 Å². The first kappa shape index (κ1) is 12.3. The van der Waals surface area contributed by atoms with Crippen LogP contribution in [0.5, 0.6) is 11.5 Å². The van der Waals surface area contributed by atoms with Crippen molar-refractivity contribution in [1.29, 1.82) is 0 Å². The lowest BCUT2D eigenvalue weighted by Gasteiger charge is -2.11. The summed E-state index contributed by atoms with van der Waals surface area (Å²) in [5.74, 6) is 6.36. The van der Waals surface area contributed by atoms with Gasteiger partial charge in [-0.3, -0.25) is 0 Å². The van der Waals surface area contributed by atoms with Crippen LogP contribution in [-0.2, 0) is 11.3 Å². The number of halogens is 1. The second kappa shape index (κ2) is 5.95. The molecule has 1 rings (SSSR count). The lowest BCUT2D eigenvalue weighted by atomic mass is 10.1. The van der Waals surface area contributed by atoms with Crippen LogP contribution in [0, 0.1) is 0 Å². The van der Waals surface area contributed by atoms with Crippen molar-refractivity contribution in [2.75, 3.05) is 20.8 Å². The summed E-state index contributed by atoms with van der Waals surface area (Å²) in [5, 5.41) is 0. The zero-order valence-electron chi connectivity index (χ0n) is 8.75. The van der Waals surface area contributed by atoms with Gasteiger partial charge >= 0.3 is 0 Å². The quantitative estimate of drug-likeness (QED) is 0.834. The summed E-state index contributed by atoms with van der Waals surface area (Å²) in [6.45, 7) is 0.474. The van der Waals surface area contributed by atoms with Crippen LogP contribution in [0.2, 0.25) is 0 Å². The molecular formula is C10H14BrNO3. The maximum Gasteiger partial charge on any atom is 0.174 e. The number of hydrogen-bond donors (Lipinski definition) is 1. The molecule has 0 fully saturated rings. The van der Waals surface area contributed by atoms with Crippen molar-refractivity contribution >= 4 is 15.9 Å². The summed E-state index contributed by atoms with van der Waals surface area (Å²) in [7, 11) is 3.21. The molecule has 0 aromatic heterocycles. The van der Waals surface area contributed by atoms with Crippen molar-refractivity contribution in [2.24, 2.45) is 5.90 Å². The smallest absolute Gasteiger partial charge is 0.174 e. The van der Waals surface area contributed by atoms with Crippen molar-refractivity contribution in [3.05, 3.63) is 22.2 Å². The maximum atomic E-state index is 5.21. The van der Waals surface area contributed by atoms with Crippen LogP contribution in [-0.4, -0.2) is 20.8 Å². The van der Waals surface area contributed by atoms with E-state index in [1.807, 2.05) is 12.1 Å². The summed E-state index contributed by atoms with van der Waals surface area (Å²) in [5.41, 5.74) is 1.07. The molecule has 0 saturated heterocycles. The summed E-state index contributed by atoms with van der Waals surface area (Å²) in [6.07, 6.45) is 0.732. The highest BCUT2D eigenvalue weighted by Crippen LogP contribution is 2.36.